The molecule has 0 radical (unpaired) electrons. The quantitative estimate of drug-likeness (QED) is 0.868. The number of hydrogen-bond acceptors (Lipinski definition) is 2. The molecule has 2 N–H and O–H groups in total. The van der Waals surface area contributed by atoms with Gasteiger partial charge in [-0.3, -0.25) is 4.79 Å². The van der Waals surface area contributed by atoms with E-state index >= 15 is 0 Å². The molecule has 3 nitrogen and oxygen atoms in total. The van der Waals surface area contributed by atoms with Crippen LogP contribution in [0.5, 0.6) is 0 Å². The van der Waals surface area contributed by atoms with Crippen molar-refractivity contribution in [3.8, 4) is 0 Å². The Morgan fingerprint density at radius 2 is 2.00 bits per heavy atom. The second kappa shape index (κ2) is 6.11. The normalized spacial score (nSPS) is 14.3. The lowest BCUT2D eigenvalue weighted by atomic mass is 9.91. The molecule has 100 valence electrons. The van der Waals surface area contributed by atoms with Crippen LogP contribution in [0, 0.1) is 0 Å². The van der Waals surface area contributed by atoms with Crippen LogP contribution in [0.2, 0.25) is 5.02 Å². The Hall–Kier alpha value is -1.20. The van der Waals surface area contributed by atoms with Crippen molar-refractivity contribution in [2.24, 2.45) is 0 Å². The van der Waals surface area contributed by atoms with Crippen molar-refractivity contribution >= 4 is 17.5 Å². The fourth-order valence-electron chi connectivity index (χ4n) is 1.50. The van der Waals surface area contributed by atoms with E-state index in [1.54, 1.807) is 31.2 Å². The molecule has 0 spiro atoms. The van der Waals surface area contributed by atoms with Crippen molar-refractivity contribution in [2.45, 2.75) is 25.4 Å². The van der Waals surface area contributed by atoms with Gasteiger partial charge in [0.2, 0.25) is 0 Å². The van der Waals surface area contributed by atoms with Crippen LogP contribution in [-0.2, 0) is 10.4 Å². The first kappa shape index (κ1) is 14.9. The summed E-state index contributed by atoms with van der Waals surface area (Å²) in [6.45, 7) is 1.43. The molecule has 0 saturated heterocycles. The first-order chi connectivity index (χ1) is 8.39. The Labute approximate surface area is 109 Å². The number of amides is 1. The van der Waals surface area contributed by atoms with Crippen LogP contribution in [0.4, 0.5) is 8.78 Å². The van der Waals surface area contributed by atoms with Gasteiger partial charge in [-0.05, 0) is 24.1 Å². The molecule has 0 aliphatic carbocycles. The predicted molar refractivity (Wildman–Crippen MR) is 64.7 cm³/mol. The van der Waals surface area contributed by atoms with E-state index in [2.05, 4.69) is 0 Å². The summed E-state index contributed by atoms with van der Waals surface area (Å²) in [5.41, 5.74) is -0.862. The molecule has 0 saturated carbocycles. The molecule has 0 aromatic heterocycles. The van der Waals surface area contributed by atoms with E-state index in [4.69, 9.17) is 11.6 Å². The summed E-state index contributed by atoms with van der Waals surface area (Å²) in [5, 5.41) is 12.8. The number of hydrogen-bond donors (Lipinski definition) is 2. The third-order valence-electron chi connectivity index (χ3n) is 2.72. The average molecular weight is 278 g/mol. The highest BCUT2D eigenvalue weighted by atomic mass is 35.5. The summed E-state index contributed by atoms with van der Waals surface area (Å²) < 4.78 is 24.1. The van der Waals surface area contributed by atoms with Crippen molar-refractivity contribution < 1.29 is 18.7 Å². The van der Waals surface area contributed by atoms with Gasteiger partial charge >= 0.3 is 6.43 Å². The van der Waals surface area contributed by atoms with Crippen molar-refractivity contribution in [3.05, 3.63) is 34.9 Å². The van der Waals surface area contributed by atoms with E-state index < -0.39 is 17.9 Å². The number of nitrogens with one attached hydrogen (secondary N) is 1. The number of aliphatic hydroxyl groups is 1. The summed E-state index contributed by atoms with van der Waals surface area (Å²) in [6.07, 6.45) is -2.81. The highest BCUT2D eigenvalue weighted by Crippen LogP contribution is 2.25. The van der Waals surface area contributed by atoms with Gasteiger partial charge in [0.05, 0.1) is 6.54 Å². The van der Waals surface area contributed by atoms with Gasteiger partial charge in [0.1, 0.15) is 5.60 Å². The van der Waals surface area contributed by atoms with E-state index in [1.807, 2.05) is 5.32 Å². The van der Waals surface area contributed by atoms with Gasteiger partial charge in [-0.2, -0.15) is 8.78 Å². The molecule has 6 heteroatoms. The van der Waals surface area contributed by atoms with Crippen LogP contribution in [0.25, 0.3) is 0 Å². The first-order valence-corrected chi connectivity index (χ1v) is 5.81. The fraction of sp³-hybridized carbons (Fsp3) is 0.417. The van der Waals surface area contributed by atoms with Gasteiger partial charge in [0, 0.05) is 5.02 Å². The molecular formula is C12H14ClF2NO2. The molecule has 1 rings (SSSR count). The number of halogens is 3. The summed E-state index contributed by atoms with van der Waals surface area (Å²) >= 11 is 5.72. The van der Waals surface area contributed by atoms with Crippen LogP contribution in [0.1, 0.15) is 18.9 Å². The fourth-order valence-corrected chi connectivity index (χ4v) is 1.63. The Morgan fingerprint density at radius 3 is 2.44 bits per heavy atom. The number of rotatable bonds is 5. The van der Waals surface area contributed by atoms with Crippen molar-refractivity contribution in [2.75, 3.05) is 6.54 Å². The minimum Gasteiger partial charge on any atom is -0.383 e. The number of carbonyl (C=O) groups excluding carboxylic acids is 1. The summed E-state index contributed by atoms with van der Waals surface area (Å²) in [6, 6.07) is 6.37. The van der Waals surface area contributed by atoms with E-state index in [0.29, 0.717) is 10.6 Å². The summed E-state index contributed by atoms with van der Waals surface area (Å²) in [4.78, 5) is 10.8. The number of alkyl halides is 2. The maximum Gasteiger partial charge on any atom is 0.315 e. The van der Waals surface area contributed by atoms with Gasteiger partial charge in [0.25, 0.3) is 5.91 Å². The highest BCUT2D eigenvalue weighted by molar-refractivity contribution is 6.30. The number of benzene rings is 1. The van der Waals surface area contributed by atoms with Crippen molar-refractivity contribution in [1.29, 1.82) is 0 Å². The molecule has 0 fully saturated rings. The smallest absolute Gasteiger partial charge is 0.315 e. The molecular weight excluding hydrogens is 264 g/mol. The zero-order chi connectivity index (χ0) is 13.8. The molecule has 1 aromatic rings. The van der Waals surface area contributed by atoms with Gasteiger partial charge in [0.15, 0.2) is 0 Å². The van der Waals surface area contributed by atoms with Crippen LogP contribution >= 0.6 is 11.6 Å². The predicted octanol–water partition coefficient (Wildman–Crippen LogP) is 2.32. The molecule has 0 aliphatic rings. The van der Waals surface area contributed by atoms with Crippen molar-refractivity contribution in [1.82, 2.24) is 5.32 Å². The molecule has 1 aromatic carbocycles. The SMILES string of the molecule is CC[C@](O)(CNC(=O)C(F)F)c1ccc(Cl)cc1. The topological polar surface area (TPSA) is 49.3 Å². The molecule has 0 heterocycles. The lowest BCUT2D eigenvalue weighted by molar-refractivity contribution is -0.133. The lowest BCUT2D eigenvalue weighted by Crippen LogP contribution is -2.42. The van der Waals surface area contributed by atoms with Gasteiger partial charge in [-0.15, -0.1) is 0 Å². The van der Waals surface area contributed by atoms with Crippen molar-refractivity contribution in [3.63, 3.8) is 0 Å². The Morgan fingerprint density at radius 1 is 1.44 bits per heavy atom. The van der Waals surface area contributed by atoms with Gasteiger partial charge in [-0.25, -0.2) is 0 Å². The summed E-state index contributed by atoms with van der Waals surface area (Å²) in [5.74, 6) is -1.39. The van der Waals surface area contributed by atoms with E-state index in [-0.39, 0.29) is 13.0 Å². The van der Waals surface area contributed by atoms with Crippen LogP contribution < -0.4 is 5.32 Å². The van der Waals surface area contributed by atoms with Crippen LogP contribution in [0.3, 0.4) is 0 Å². The molecule has 0 bridgehead atoms. The minimum atomic E-state index is -3.09. The zero-order valence-corrected chi connectivity index (χ0v) is 10.5. The van der Waals surface area contributed by atoms with E-state index in [9.17, 15) is 18.7 Å². The third kappa shape index (κ3) is 3.65. The molecule has 1 amide bonds. The molecule has 18 heavy (non-hydrogen) atoms. The molecule has 0 aliphatic heterocycles. The van der Waals surface area contributed by atoms with Gasteiger partial charge in [-0.1, -0.05) is 30.7 Å². The Kier molecular flexibility index (Phi) is 5.04. The zero-order valence-electron chi connectivity index (χ0n) is 9.79. The standard InChI is InChI=1S/C12H14ClF2NO2/c1-2-12(18,7-16-11(17)10(14)15)8-3-5-9(13)6-4-8/h3-6,10,18H,2,7H2,1H3,(H,16,17)/t12-/m0/s1. The highest BCUT2D eigenvalue weighted by Gasteiger charge is 2.29. The second-order valence-electron chi connectivity index (χ2n) is 3.91. The second-order valence-corrected chi connectivity index (χ2v) is 4.35. The average Bonchev–Trinajstić information content (AvgIpc) is 2.36. The summed E-state index contributed by atoms with van der Waals surface area (Å²) in [7, 11) is 0. The van der Waals surface area contributed by atoms with Crippen LogP contribution in [0.15, 0.2) is 24.3 Å². The minimum absolute atomic E-state index is 0.270. The monoisotopic (exact) mass is 277 g/mol. The lowest BCUT2D eigenvalue weighted by Gasteiger charge is -2.27. The van der Waals surface area contributed by atoms with E-state index in [0.717, 1.165) is 0 Å². The third-order valence-corrected chi connectivity index (χ3v) is 2.97. The number of carbonyl (C=O) groups is 1. The maximum absolute atomic E-state index is 12.1. The molecule has 0 unspecified atom stereocenters. The van der Waals surface area contributed by atoms with Gasteiger partial charge < -0.3 is 10.4 Å². The Balaban J connectivity index is 2.79. The Bertz CT molecular complexity index is 411. The largest absolute Gasteiger partial charge is 0.383 e. The maximum atomic E-state index is 12.1. The van der Waals surface area contributed by atoms with Crippen LogP contribution in [-0.4, -0.2) is 24.0 Å². The first-order valence-electron chi connectivity index (χ1n) is 5.43. The molecule has 1 atom stereocenters. The van der Waals surface area contributed by atoms with E-state index in [1.165, 1.54) is 0 Å².